The molecule has 0 radical (unpaired) electrons. The lowest BCUT2D eigenvalue weighted by molar-refractivity contribution is -0.107. The Hall–Kier alpha value is -1.89. The molecular formula is C8H7N3O. The summed E-state index contributed by atoms with van der Waals surface area (Å²) >= 11 is 0. The first-order chi connectivity index (χ1) is 5.83. The Kier molecular flexibility index (Phi) is 2.79. The minimum Gasteiger partial charge on any atom is -0.382 e. The Morgan fingerprint density at radius 2 is 2.33 bits per heavy atom. The third-order valence-corrected chi connectivity index (χ3v) is 1.07. The lowest BCUT2D eigenvalue weighted by atomic mass is 10.4. The van der Waals surface area contributed by atoms with Crippen molar-refractivity contribution in [3.8, 4) is 11.8 Å². The molecule has 0 aliphatic heterocycles. The predicted octanol–water partition coefficient (Wildman–Crippen LogP) is -0.000700. The van der Waals surface area contributed by atoms with E-state index in [-0.39, 0.29) is 6.42 Å². The number of carbonyl (C=O) groups is 1. The van der Waals surface area contributed by atoms with Crippen LogP contribution in [-0.4, -0.2) is 16.3 Å². The predicted molar refractivity (Wildman–Crippen MR) is 44.0 cm³/mol. The summed E-state index contributed by atoms with van der Waals surface area (Å²) in [6, 6.07) is 0. The van der Waals surface area contributed by atoms with Gasteiger partial charge in [-0.25, -0.2) is 9.97 Å². The molecule has 0 bridgehead atoms. The monoisotopic (exact) mass is 161 g/mol. The normalized spacial score (nSPS) is 8.33. The molecule has 0 aromatic carbocycles. The fourth-order valence-electron chi connectivity index (χ4n) is 0.586. The van der Waals surface area contributed by atoms with Gasteiger partial charge in [-0.15, -0.1) is 0 Å². The van der Waals surface area contributed by atoms with Gasteiger partial charge in [0.1, 0.15) is 17.8 Å². The molecule has 0 saturated heterocycles. The average Bonchev–Trinajstić information content (AvgIpc) is 2.09. The Bertz CT molecular complexity index is 320. The van der Waals surface area contributed by atoms with Crippen molar-refractivity contribution in [2.75, 3.05) is 5.73 Å². The van der Waals surface area contributed by atoms with Gasteiger partial charge in [0.2, 0.25) is 0 Å². The zero-order valence-corrected chi connectivity index (χ0v) is 6.32. The molecule has 2 N–H and O–H groups in total. The van der Waals surface area contributed by atoms with Gasteiger partial charge in [0.25, 0.3) is 0 Å². The highest BCUT2D eigenvalue weighted by molar-refractivity contribution is 5.54. The van der Waals surface area contributed by atoms with Crippen LogP contribution in [0.15, 0.2) is 12.4 Å². The van der Waals surface area contributed by atoms with Crippen LogP contribution in [0.5, 0.6) is 0 Å². The molecule has 1 rings (SSSR count). The van der Waals surface area contributed by atoms with E-state index < -0.39 is 0 Å². The number of rotatable bonds is 1. The number of nitrogens with two attached hydrogens (primary N) is 1. The van der Waals surface area contributed by atoms with Crippen molar-refractivity contribution in [3.05, 3.63) is 18.1 Å². The molecular weight excluding hydrogens is 154 g/mol. The van der Waals surface area contributed by atoms with Crippen LogP contribution in [0.2, 0.25) is 0 Å². The summed E-state index contributed by atoms with van der Waals surface area (Å²) < 4.78 is 0. The van der Waals surface area contributed by atoms with Crippen molar-refractivity contribution < 1.29 is 4.79 Å². The van der Waals surface area contributed by atoms with Gasteiger partial charge in [0, 0.05) is 0 Å². The van der Waals surface area contributed by atoms with E-state index in [2.05, 4.69) is 21.8 Å². The third-order valence-electron chi connectivity index (χ3n) is 1.07. The van der Waals surface area contributed by atoms with Crippen LogP contribution >= 0.6 is 0 Å². The molecule has 1 heterocycles. The Balaban J connectivity index is 2.72. The zero-order valence-electron chi connectivity index (χ0n) is 6.32. The summed E-state index contributed by atoms with van der Waals surface area (Å²) in [7, 11) is 0. The second-order valence-corrected chi connectivity index (χ2v) is 2.00. The molecule has 0 unspecified atom stereocenters. The number of aldehydes is 1. The molecule has 4 nitrogen and oxygen atoms in total. The largest absolute Gasteiger partial charge is 0.382 e. The smallest absolute Gasteiger partial charge is 0.141 e. The van der Waals surface area contributed by atoms with Gasteiger partial charge < -0.3 is 10.5 Å². The van der Waals surface area contributed by atoms with Crippen molar-refractivity contribution in [1.82, 2.24) is 9.97 Å². The van der Waals surface area contributed by atoms with Crippen molar-refractivity contribution in [1.29, 1.82) is 0 Å². The van der Waals surface area contributed by atoms with Crippen LogP contribution in [-0.2, 0) is 4.79 Å². The van der Waals surface area contributed by atoms with E-state index in [1.807, 2.05) is 0 Å². The quantitative estimate of drug-likeness (QED) is 0.465. The summed E-state index contributed by atoms with van der Waals surface area (Å²) in [4.78, 5) is 17.5. The fourth-order valence-corrected chi connectivity index (χ4v) is 0.586. The summed E-state index contributed by atoms with van der Waals surface area (Å²) in [5.74, 6) is 5.63. The molecule has 0 aliphatic carbocycles. The topological polar surface area (TPSA) is 68.9 Å². The lowest BCUT2D eigenvalue weighted by Gasteiger charge is -1.89. The molecule has 0 aliphatic rings. The Labute approximate surface area is 69.8 Å². The summed E-state index contributed by atoms with van der Waals surface area (Å²) in [5.41, 5.74) is 5.82. The third kappa shape index (κ3) is 2.39. The molecule has 1 aromatic heterocycles. The molecule has 60 valence electrons. The number of aromatic nitrogens is 2. The standard InChI is InChI=1S/C8H7N3O/c9-8-6-10-7(5-11-8)3-1-2-4-12/h4-6H,2H2,(H2,9,11). The van der Waals surface area contributed by atoms with Gasteiger partial charge in [-0.05, 0) is 5.92 Å². The molecule has 0 spiro atoms. The van der Waals surface area contributed by atoms with E-state index in [1.54, 1.807) is 0 Å². The van der Waals surface area contributed by atoms with E-state index in [1.165, 1.54) is 12.4 Å². The Morgan fingerprint density at radius 3 is 2.92 bits per heavy atom. The van der Waals surface area contributed by atoms with Gasteiger partial charge in [-0.2, -0.15) is 0 Å². The lowest BCUT2D eigenvalue weighted by Crippen LogP contribution is -1.92. The number of nitrogen functional groups attached to an aromatic ring is 1. The highest BCUT2D eigenvalue weighted by Crippen LogP contribution is 1.93. The van der Waals surface area contributed by atoms with Crippen LogP contribution in [0, 0.1) is 11.8 Å². The number of nitrogens with zero attached hydrogens (tertiary/aromatic N) is 2. The minimum atomic E-state index is 0.214. The highest BCUT2D eigenvalue weighted by Gasteiger charge is 1.87. The van der Waals surface area contributed by atoms with Crippen molar-refractivity contribution in [3.63, 3.8) is 0 Å². The number of hydrogen-bond acceptors (Lipinski definition) is 4. The maximum absolute atomic E-state index is 9.89. The SMILES string of the molecule is Nc1cnc(C#CCC=O)cn1. The van der Waals surface area contributed by atoms with Gasteiger partial charge in [-0.3, -0.25) is 0 Å². The first-order valence-electron chi connectivity index (χ1n) is 3.33. The second-order valence-electron chi connectivity index (χ2n) is 2.00. The van der Waals surface area contributed by atoms with Gasteiger partial charge in [0.15, 0.2) is 0 Å². The average molecular weight is 161 g/mol. The van der Waals surface area contributed by atoms with Crippen LogP contribution in [0.3, 0.4) is 0 Å². The van der Waals surface area contributed by atoms with E-state index in [9.17, 15) is 4.79 Å². The van der Waals surface area contributed by atoms with E-state index in [0.717, 1.165) is 6.29 Å². The summed E-state index contributed by atoms with van der Waals surface area (Å²) in [6.07, 6.45) is 3.84. The van der Waals surface area contributed by atoms with Crippen molar-refractivity contribution in [2.45, 2.75) is 6.42 Å². The maximum atomic E-state index is 9.89. The minimum absolute atomic E-state index is 0.214. The van der Waals surface area contributed by atoms with Crippen LogP contribution in [0.25, 0.3) is 0 Å². The molecule has 0 atom stereocenters. The fraction of sp³-hybridized carbons (Fsp3) is 0.125. The molecule has 0 amide bonds. The summed E-state index contributed by atoms with van der Waals surface area (Å²) in [5, 5.41) is 0. The zero-order chi connectivity index (χ0) is 8.81. The number of hydrogen-bond donors (Lipinski definition) is 1. The van der Waals surface area contributed by atoms with Gasteiger partial charge >= 0.3 is 0 Å². The van der Waals surface area contributed by atoms with Crippen LogP contribution < -0.4 is 5.73 Å². The van der Waals surface area contributed by atoms with E-state index in [0.29, 0.717) is 11.5 Å². The second kappa shape index (κ2) is 4.09. The number of anilines is 1. The van der Waals surface area contributed by atoms with E-state index in [4.69, 9.17) is 5.73 Å². The molecule has 12 heavy (non-hydrogen) atoms. The first-order valence-corrected chi connectivity index (χ1v) is 3.33. The maximum Gasteiger partial charge on any atom is 0.141 e. The van der Waals surface area contributed by atoms with Crippen LogP contribution in [0.4, 0.5) is 5.82 Å². The van der Waals surface area contributed by atoms with Gasteiger partial charge in [0.05, 0.1) is 18.8 Å². The summed E-state index contributed by atoms with van der Waals surface area (Å²) in [6.45, 7) is 0. The van der Waals surface area contributed by atoms with Crippen LogP contribution in [0.1, 0.15) is 12.1 Å². The van der Waals surface area contributed by atoms with Crippen molar-refractivity contribution in [2.24, 2.45) is 0 Å². The highest BCUT2D eigenvalue weighted by atomic mass is 16.1. The molecule has 0 fully saturated rings. The molecule has 1 aromatic rings. The van der Waals surface area contributed by atoms with Gasteiger partial charge in [-0.1, -0.05) is 5.92 Å². The van der Waals surface area contributed by atoms with Crippen molar-refractivity contribution >= 4 is 12.1 Å². The van der Waals surface area contributed by atoms with E-state index >= 15 is 0 Å². The molecule has 0 saturated carbocycles. The first kappa shape index (κ1) is 8.21. The molecule has 4 heteroatoms. The Morgan fingerprint density at radius 1 is 1.50 bits per heavy atom. The number of carbonyl (C=O) groups excluding carboxylic acids is 1.